The molecule has 0 radical (unpaired) electrons. The van der Waals surface area contributed by atoms with Crippen LogP contribution in [0.1, 0.15) is 22.8 Å². The molecular formula is C22H29N3O2. The Morgan fingerprint density at radius 1 is 1.00 bits per heavy atom. The molecule has 5 heteroatoms. The van der Waals surface area contributed by atoms with Gasteiger partial charge in [0.15, 0.2) is 0 Å². The fourth-order valence-electron chi connectivity index (χ4n) is 3.43. The smallest absolute Gasteiger partial charge is 0.238 e. The molecule has 0 saturated carbocycles. The first kappa shape index (κ1) is 19.5. The van der Waals surface area contributed by atoms with Crippen molar-refractivity contribution >= 4 is 11.6 Å². The van der Waals surface area contributed by atoms with Gasteiger partial charge >= 0.3 is 0 Å². The zero-order valence-corrected chi connectivity index (χ0v) is 16.2. The van der Waals surface area contributed by atoms with Gasteiger partial charge in [-0.05, 0) is 36.6 Å². The van der Waals surface area contributed by atoms with Crippen LogP contribution in [0.3, 0.4) is 0 Å². The van der Waals surface area contributed by atoms with Crippen LogP contribution < -0.4 is 5.32 Å². The molecule has 144 valence electrons. The van der Waals surface area contributed by atoms with Gasteiger partial charge in [0.1, 0.15) is 0 Å². The minimum Gasteiger partial charge on any atom is -0.387 e. The zero-order chi connectivity index (χ0) is 19.2. The second kappa shape index (κ2) is 9.13. The molecule has 0 spiro atoms. The van der Waals surface area contributed by atoms with Crippen LogP contribution in [-0.2, 0) is 4.79 Å². The highest BCUT2D eigenvalue weighted by Crippen LogP contribution is 2.18. The van der Waals surface area contributed by atoms with E-state index in [1.54, 1.807) is 0 Å². The lowest BCUT2D eigenvalue weighted by molar-refractivity contribution is -0.117. The first-order chi connectivity index (χ1) is 13.0. The zero-order valence-electron chi connectivity index (χ0n) is 16.2. The SMILES string of the molecule is Cc1cccc(NC(=O)CN2CCN(CC(O)c3ccccc3)CC2)c1C. The topological polar surface area (TPSA) is 55.8 Å². The summed E-state index contributed by atoms with van der Waals surface area (Å²) in [6.45, 7) is 8.51. The fourth-order valence-corrected chi connectivity index (χ4v) is 3.43. The number of anilines is 1. The number of piperazine rings is 1. The molecule has 1 aliphatic heterocycles. The number of aryl methyl sites for hydroxylation is 1. The van der Waals surface area contributed by atoms with Crippen molar-refractivity contribution in [2.45, 2.75) is 20.0 Å². The largest absolute Gasteiger partial charge is 0.387 e. The number of β-amino-alcohol motifs (C(OH)–C–C–N with tert-alkyl or cyclic N) is 1. The predicted molar refractivity (Wildman–Crippen MR) is 109 cm³/mol. The number of nitrogens with zero attached hydrogens (tertiary/aromatic N) is 2. The minimum atomic E-state index is -0.467. The number of carbonyl (C=O) groups is 1. The van der Waals surface area contributed by atoms with E-state index in [4.69, 9.17) is 0 Å². The number of hydrogen-bond acceptors (Lipinski definition) is 4. The van der Waals surface area contributed by atoms with Crippen molar-refractivity contribution < 1.29 is 9.90 Å². The second-order valence-corrected chi connectivity index (χ2v) is 7.30. The Labute approximate surface area is 161 Å². The van der Waals surface area contributed by atoms with Gasteiger partial charge in [-0.1, -0.05) is 42.5 Å². The minimum absolute atomic E-state index is 0.0291. The number of carbonyl (C=O) groups excluding carboxylic acids is 1. The maximum Gasteiger partial charge on any atom is 0.238 e. The van der Waals surface area contributed by atoms with E-state index >= 15 is 0 Å². The van der Waals surface area contributed by atoms with Crippen molar-refractivity contribution in [3.63, 3.8) is 0 Å². The Balaban J connectivity index is 1.44. The first-order valence-corrected chi connectivity index (χ1v) is 9.56. The van der Waals surface area contributed by atoms with Crippen LogP contribution in [0, 0.1) is 13.8 Å². The van der Waals surface area contributed by atoms with Gasteiger partial charge in [-0.25, -0.2) is 0 Å². The number of benzene rings is 2. The summed E-state index contributed by atoms with van der Waals surface area (Å²) in [6, 6.07) is 15.7. The molecule has 2 aromatic rings. The third-order valence-corrected chi connectivity index (χ3v) is 5.33. The molecule has 1 saturated heterocycles. The molecular weight excluding hydrogens is 338 g/mol. The predicted octanol–water partition coefficient (Wildman–Crippen LogP) is 2.59. The van der Waals surface area contributed by atoms with Crippen molar-refractivity contribution in [2.24, 2.45) is 0 Å². The van der Waals surface area contributed by atoms with Crippen LogP contribution in [0.5, 0.6) is 0 Å². The summed E-state index contributed by atoms with van der Waals surface area (Å²) in [6.07, 6.45) is -0.467. The lowest BCUT2D eigenvalue weighted by Gasteiger charge is -2.35. The molecule has 2 aromatic carbocycles. The molecule has 27 heavy (non-hydrogen) atoms. The van der Waals surface area contributed by atoms with E-state index in [-0.39, 0.29) is 5.91 Å². The van der Waals surface area contributed by atoms with Crippen LogP contribution in [-0.4, -0.2) is 60.1 Å². The van der Waals surface area contributed by atoms with Crippen LogP contribution >= 0.6 is 0 Å². The highest BCUT2D eigenvalue weighted by atomic mass is 16.3. The van der Waals surface area contributed by atoms with Crippen molar-refractivity contribution in [3.05, 3.63) is 65.2 Å². The Kier molecular flexibility index (Phi) is 6.61. The second-order valence-electron chi connectivity index (χ2n) is 7.30. The lowest BCUT2D eigenvalue weighted by atomic mass is 10.1. The van der Waals surface area contributed by atoms with Crippen LogP contribution in [0.25, 0.3) is 0 Å². The Bertz CT molecular complexity index is 755. The number of aliphatic hydroxyl groups excluding tert-OH is 1. The van der Waals surface area contributed by atoms with E-state index in [2.05, 4.69) is 15.1 Å². The number of hydrogen-bond donors (Lipinski definition) is 2. The summed E-state index contributed by atoms with van der Waals surface area (Å²) in [5.41, 5.74) is 4.14. The summed E-state index contributed by atoms with van der Waals surface area (Å²) in [5.74, 6) is 0.0291. The number of nitrogens with one attached hydrogen (secondary N) is 1. The van der Waals surface area contributed by atoms with Gasteiger partial charge in [-0.15, -0.1) is 0 Å². The fraction of sp³-hybridized carbons (Fsp3) is 0.409. The van der Waals surface area contributed by atoms with Gasteiger partial charge in [-0.2, -0.15) is 0 Å². The number of rotatable bonds is 6. The standard InChI is InChI=1S/C22H29N3O2/c1-17-7-6-10-20(18(17)2)23-22(27)16-25-13-11-24(12-14-25)15-21(26)19-8-4-3-5-9-19/h3-10,21,26H,11-16H2,1-2H3,(H,23,27). The average Bonchev–Trinajstić information content (AvgIpc) is 2.67. The maximum absolute atomic E-state index is 12.4. The molecule has 1 amide bonds. The lowest BCUT2D eigenvalue weighted by Crippen LogP contribution is -2.49. The number of aliphatic hydroxyl groups is 1. The maximum atomic E-state index is 12.4. The van der Waals surface area contributed by atoms with Crippen LogP contribution in [0.15, 0.2) is 48.5 Å². The Morgan fingerprint density at radius 3 is 2.37 bits per heavy atom. The van der Waals surface area contributed by atoms with E-state index in [1.165, 1.54) is 5.56 Å². The van der Waals surface area contributed by atoms with Crippen LogP contribution in [0.2, 0.25) is 0 Å². The molecule has 5 nitrogen and oxygen atoms in total. The van der Waals surface area contributed by atoms with Crippen molar-refractivity contribution in [2.75, 3.05) is 44.6 Å². The summed E-state index contributed by atoms with van der Waals surface area (Å²) in [5, 5.41) is 13.4. The molecule has 1 fully saturated rings. The molecule has 0 aromatic heterocycles. The molecule has 1 unspecified atom stereocenters. The van der Waals surface area contributed by atoms with Crippen molar-refractivity contribution in [1.82, 2.24) is 9.80 Å². The monoisotopic (exact) mass is 367 g/mol. The third-order valence-electron chi connectivity index (χ3n) is 5.33. The Hall–Kier alpha value is -2.21. The third kappa shape index (κ3) is 5.39. The molecule has 1 atom stereocenters. The van der Waals surface area contributed by atoms with E-state index in [1.807, 2.05) is 62.4 Å². The molecule has 2 N–H and O–H groups in total. The van der Waals surface area contributed by atoms with Gasteiger partial charge in [-0.3, -0.25) is 14.6 Å². The van der Waals surface area contributed by atoms with E-state index in [9.17, 15) is 9.90 Å². The van der Waals surface area contributed by atoms with E-state index in [0.717, 1.165) is 43.0 Å². The van der Waals surface area contributed by atoms with Gasteiger partial charge in [0.05, 0.1) is 12.6 Å². The van der Waals surface area contributed by atoms with E-state index in [0.29, 0.717) is 13.1 Å². The van der Waals surface area contributed by atoms with Gasteiger partial charge in [0.2, 0.25) is 5.91 Å². The molecule has 0 bridgehead atoms. The van der Waals surface area contributed by atoms with Gasteiger partial charge in [0, 0.05) is 38.4 Å². The normalized spacial score (nSPS) is 16.9. The van der Waals surface area contributed by atoms with Crippen LogP contribution in [0.4, 0.5) is 5.69 Å². The van der Waals surface area contributed by atoms with Gasteiger partial charge in [0.25, 0.3) is 0 Å². The molecule has 0 aliphatic carbocycles. The highest BCUT2D eigenvalue weighted by Gasteiger charge is 2.21. The average molecular weight is 367 g/mol. The highest BCUT2D eigenvalue weighted by molar-refractivity contribution is 5.93. The van der Waals surface area contributed by atoms with Crippen molar-refractivity contribution in [3.8, 4) is 0 Å². The van der Waals surface area contributed by atoms with E-state index < -0.39 is 6.10 Å². The number of amides is 1. The molecule has 1 heterocycles. The summed E-state index contributed by atoms with van der Waals surface area (Å²) < 4.78 is 0. The molecule has 3 rings (SSSR count). The van der Waals surface area contributed by atoms with Gasteiger partial charge < -0.3 is 10.4 Å². The molecule has 1 aliphatic rings. The quantitative estimate of drug-likeness (QED) is 0.824. The summed E-state index contributed by atoms with van der Waals surface area (Å²) >= 11 is 0. The Morgan fingerprint density at radius 2 is 1.67 bits per heavy atom. The first-order valence-electron chi connectivity index (χ1n) is 9.56. The summed E-state index contributed by atoms with van der Waals surface area (Å²) in [4.78, 5) is 16.8. The van der Waals surface area contributed by atoms with Crippen molar-refractivity contribution in [1.29, 1.82) is 0 Å². The summed E-state index contributed by atoms with van der Waals surface area (Å²) in [7, 11) is 0.